The summed E-state index contributed by atoms with van der Waals surface area (Å²) in [5.74, 6) is 2.05. The van der Waals surface area contributed by atoms with Crippen molar-refractivity contribution in [2.45, 2.75) is 39.2 Å². The van der Waals surface area contributed by atoms with Crippen molar-refractivity contribution in [3.63, 3.8) is 0 Å². The van der Waals surface area contributed by atoms with E-state index >= 15 is 0 Å². The fourth-order valence-corrected chi connectivity index (χ4v) is 4.29. The monoisotopic (exact) mass is 351 g/mol. The van der Waals surface area contributed by atoms with Gasteiger partial charge in [0.15, 0.2) is 0 Å². The maximum absolute atomic E-state index is 12.5. The fraction of sp³-hybridized carbons (Fsp3) is 0.500. The largest absolute Gasteiger partial charge is 0.356 e. The number of aromatic nitrogens is 3. The molecule has 4 heterocycles. The van der Waals surface area contributed by atoms with Gasteiger partial charge in [0.1, 0.15) is 11.6 Å². The Morgan fingerprint density at radius 1 is 1.12 bits per heavy atom. The lowest BCUT2D eigenvalue weighted by atomic mass is 9.73. The molecule has 0 saturated carbocycles. The molecule has 2 fully saturated rings. The van der Waals surface area contributed by atoms with Crippen molar-refractivity contribution in [1.82, 2.24) is 19.9 Å². The van der Waals surface area contributed by atoms with Gasteiger partial charge in [-0.2, -0.15) is 0 Å². The molecule has 6 heteroatoms. The molecule has 4 rings (SSSR count). The number of likely N-dealkylation sites (tertiary alicyclic amines) is 1. The summed E-state index contributed by atoms with van der Waals surface area (Å²) >= 11 is 0. The number of carbonyl (C=O) groups is 1. The Morgan fingerprint density at radius 2 is 2.04 bits per heavy atom. The minimum absolute atomic E-state index is 0.153. The molecule has 0 unspecified atom stereocenters. The average molecular weight is 351 g/mol. The molecule has 2 aliphatic rings. The second-order valence-electron chi connectivity index (χ2n) is 7.56. The minimum Gasteiger partial charge on any atom is -0.356 e. The van der Waals surface area contributed by atoms with Crippen LogP contribution in [0.25, 0.3) is 0 Å². The van der Waals surface area contributed by atoms with Gasteiger partial charge >= 0.3 is 0 Å². The maximum Gasteiger partial charge on any atom is 0.222 e. The molecule has 0 radical (unpaired) electrons. The molecule has 1 atom stereocenters. The van der Waals surface area contributed by atoms with Gasteiger partial charge in [0.25, 0.3) is 0 Å². The minimum atomic E-state index is 0.153. The van der Waals surface area contributed by atoms with Crippen LogP contribution in [0.1, 0.15) is 37.2 Å². The highest BCUT2D eigenvalue weighted by molar-refractivity contribution is 5.77. The number of hydrogen-bond donors (Lipinski definition) is 0. The molecule has 6 nitrogen and oxygen atoms in total. The van der Waals surface area contributed by atoms with Gasteiger partial charge in [-0.1, -0.05) is 6.07 Å². The van der Waals surface area contributed by atoms with E-state index in [-0.39, 0.29) is 11.3 Å². The quantitative estimate of drug-likeness (QED) is 0.850. The number of hydrogen-bond acceptors (Lipinski definition) is 5. The smallest absolute Gasteiger partial charge is 0.222 e. The lowest BCUT2D eigenvalue weighted by Crippen LogP contribution is -2.54. The zero-order valence-corrected chi connectivity index (χ0v) is 15.3. The van der Waals surface area contributed by atoms with Crippen molar-refractivity contribution in [1.29, 1.82) is 0 Å². The Morgan fingerprint density at radius 3 is 2.85 bits per heavy atom. The SMILES string of the molecule is Cc1nccc(N2CCC[C@@]3(CCC(=O)N(Cc4ccccn4)C3)C2)n1. The Kier molecular flexibility index (Phi) is 4.57. The highest BCUT2D eigenvalue weighted by Gasteiger charge is 2.42. The van der Waals surface area contributed by atoms with E-state index in [1.807, 2.05) is 42.3 Å². The van der Waals surface area contributed by atoms with Gasteiger partial charge in [-0.05, 0) is 44.4 Å². The molecular weight excluding hydrogens is 326 g/mol. The van der Waals surface area contributed by atoms with Crippen LogP contribution in [0.4, 0.5) is 5.82 Å². The van der Waals surface area contributed by atoms with Gasteiger partial charge < -0.3 is 9.80 Å². The van der Waals surface area contributed by atoms with Crippen molar-refractivity contribution >= 4 is 11.7 Å². The molecule has 0 N–H and O–H groups in total. The van der Waals surface area contributed by atoms with Gasteiger partial charge in [-0.15, -0.1) is 0 Å². The van der Waals surface area contributed by atoms with E-state index in [0.717, 1.165) is 49.8 Å². The summed E-state index contributed by atoms with van der Waals surface area (Å²) in [5.41, 5.74) is 1.11. The third-order valence-corrected chi connectivity index (χ3v) is 5.57. The summed E-state index contributed by atoms with van der Waals surface area (Å²) in [5, 5.41) is 0. The molecule has 0 bridgehead atoms. The molecule has 2 aromatic heterocycles. The summed E-state index contributed by atoms with van der Waals surface area (Å²) in [7, 11) is 0. The van der Waals surface area contributed by atoms with Gasteiger partial charge in [0, 0.05) is 43.9 Å². The van der Waals surface area contributed by atoms with Crippen LogP contribution in [-0.2, 0) is 11.3 Å². The number of nitrogens with zero attached hydrogens (tertiary/aromatic N) is 5. The second kappa shape index (κ2) is 7.02. The molecular formula is C20H25N5O. The van der Waals surface area contributed by atoms with Crippen LogP contribution in [0, 0.1) is 12.3 Å². The molecule has 1 spiro atoms. The zero-order chi connectivity index (χ0) is 18.0. The second-order valence-corrected chi connectivity index (χ2v) is 7.56. The average Bonchev–Trinajstić information content (AvgIpc) is 2.66. The number of rotatable bonds is 3. The Bertz CT molecular complexity index is 781. The summed E-state index contributed by atoms with van der Waals surface area (Å²) in [6.45, 7) is 5.32. The summed E-state index contributed by atoms with van der Waals surface area (Å²) < 4.78 is 0. The molecule has 0 aliphatic carbocycles. The van der Waals surface area contributed by atoms with Crippen LogP contribution in [0.3, 0.4) is 0 Å². The van der Waals surface area contributed by atoms with Gasteiger partial charge in [0.05, 0.1) is 12.2 Å². The van der Waals surface area contributed by atoms with E-state index in [9.17, 15) is 4.79 Å². The van der Waals surface area contributed by atoms with E-state index in [2.05, 4.69) is 19.9 Å². The third kappa shape index (κ3) is 3.54. The van der Waals surface area contributed by atoms with Crippen LogP contribution in [0.2, 0.25) is 0 Å². The number of amides is 1. The fourth-order valence-electron chi connectivity index (χ4n) is 4.29. The molecule has 2 saturated heterocycles. The lowest BCUT2D eigenvalue weighted by molar-refractivity contribution is -0.138. The topological polar surface area (TPSA) is 62.2 Å². The van der Waals surface area contributed by atoms with Crippen molar-refractivity contribution in [3.05, 3.63) is 48.2 Å². The van der Waals surface area contributed by atoms with E-state index in [1.165, 1.54) is 6.42 Å². The highest BCUT2D eigenvalue weighted by Crippen LogP contribution is 2.40. The third-order valence-electron chi connectivity index (χ3n) is 5.57. The molecule has 2 aromatic rings. The van der Waals surface area contributed by atoms with Gasteiger partial charge in [0.2, 0.25) is 5.91 Å². The summed E-state index contributed by atoms with van der Waals surface area (Å²) in [6.07, 6.45) is 7.51. The van der Waals surface area contributed by atoms with Crippen LogP contribution in [-0.4, -0.2) is 45.4 Å². The first-order valence-electron chi connectivity index (χ1n) is 9.36. The first-order valence-corrected chi connectivity index (χ1v) is 9.36. The number of carbonyl (C=O) groups excluding carboxylic acids is 1. The van der Waals surface area contributed by atoms with E-state index in [1.54, 1.807) is 6.20 Å². The number of pyridine rings is 1. The van der Waals surface area contributed by atoms with Crippen molar-refractivity contribution < 1.29 is 4.79 Å². The molecule has 136 valence electrons. The first kappa shape index (κ1) is 16.9. The standard InChI is InChI=1S/C20H25N5O/c1-16-21-11-7-18(23-16)24-12-4-8-20(14-24)9-6-19(26)25(15-20)13-17-5-2-3-10-22-17/h2-3,5,7,10-11H,4,6,8-9,12-15H2,1H3/t20-/m1/s1. The van der Waals surface area contributed by atoms with Crippen LogP contribution in [0.15, 0.2) is 36.7 Å². The van der Waals surface area contributed by atoms with E-state index in [0.29, 0.717) is 13.0 Å². The number of aryl methyl sites for hydroxylation is 1. The molecule has 1 amide bonds. The predicted molar refractivity (Wildman–Crippen MR) is 99.5 cm³/mol. The van der Waals surface area contributed by atoms with Crippen LogP contribution >= 0.6 is 0 Å². The Balaban J connectivity index is 1.51. The van der Waals surface area contributed by atoms with E-state index in [4.69, 9.17) is 0 Å². The summed E-state index contributed by atoms with van der Waals surface area (Å²) in [6, 6.07) is 7.87. The lowest BCUT2D eigenvalue weighted by Gasteiger charge is -2.48. The van der Waals surface area contributed by atoms with Gasteiger partial charge in [-0.25, -0.2) is 9.97 Å². The predicted octanol–water partition coefficient (Wildman–Crippen LogP) is 2.59. The number of anilines is 1. The van der Waals surface area contributed by atoms with Crippen LogP contribution < -0.4 is 4.90 Å². The van der Waals surface area contributed by atoms with Crippen molar-refractivity contribution in [2.75, 3.05) is 24.5 Å². The normalized spacial score (nSPS) is 23.5. The molecule has 2 aliphatic heterocycles. The first-order chi connectivity index (χ1) is 12.6. The van der Waals surface area contributed by atoms with Crippen molar-refractivity contribution in [3.8, 4) is 0 Å². The molecule has 26 heavy (non-hydrogen) atoms. The maximum atomic E-state index is 12.5. The summed E-state index contributed by atoms with van der Waals surface area (Å²) in [4.78, 5) is 30.1. The van der Waals surface area contributed by atoms with E-state index < -0.39 is 0 Å². The highest BCUT2D eigenvalue weighted by atomic mass is 16.2. The Labute approximate surface area is 154 Å². The number of piperidine rings is 2. The van der Waals surface area contributed by atoms with Crippen molar-refractivity contribution in [2.24, 2.45) is 5.41 Å². The zero-order valence-electron chi connectivity index (χ0n) is 15.3. The van der Waals surface area contributed by atoms with Crippen LogP contribution in [0.5, 0.6) is 0 Å². The van der Waals surface area contributed by atoms with Gasteiger partial charge in [-0.3, -0.25) is 9.78 Å². The molecule has 0 aromatic carbocycles. The Hall–Kier alpha value is -2.50.